The van der Waals surface area contributed by atoms with Crippen molar-refractivity contribution in [1.29, 1.82) is 0 Å². The maximum atomic E-state index is 5.71. The number of nitrogens with zero attached hydrogens (tertiary/aromatic N) is 4. The predicted octanol–water partition coefficient (Wildman–Crippen LogP) is 4.29. The average molecular weight is 340 g/mol. The molecule has 0 saturated carbocycles. The van der Waals surface area contributed by atoms with Crippen LogP contribution in [0.2, 0.25) is 5.15 Å². The van der Waals surface area contributed by atoms with Crippen molar-refractivity contribution in [3.63, 3.8) is 0 Å². The molecule has 6 heteroatoms. The number of hydrazone groups is 1. The Bertz CT molecular complexity index is 864. The van der Waals surface area contributed by atoms with Crippen molar-refractivity contribution in [2.24, 2.45) is 5.10 Å². The number of aryl methyl sites for hydroxylation is 2. The molecule has 3 rings (SSSR count). The topological polar surface area (TPSA) is 55.1 Å². The zero-order valence-electron chi connectivity index (χ0n) is 13.8. The molecule has 0 radical (unpaired) electrons. The molecule has 0 aliphatic heterocycles. The van der Waals surface area contributed by atoms with E-state index in [0.717, 1.165) is 22.6 Å². The van der Waals surface area contributed by atoms with Gasteiger partial charge in [-0.2, -0.15) is 5.10 Å². The summed E-state index contributed by atoms with van der Waals surface area (Å²) in [5.41, 5.74) is 8.57. The SMILES string of the molecule is Cc1ccc(-n2c(C)cc(/C=N/Nc3ccc(Cl)nn3)c2C)cc1. The highest BCUT2D eigenvalue weighted by atomic mass is 35.5. The van der Waals surface area contributed by atoms with Gasteiger partial charge >= 0.3 is 0 Å². The van der Waals surface area contributed by atoms with E-state index in [4.69, 9.17) is 11.6 Å². The van der Waals surface area contributed by atoms with E-state index in [2.05, 4.69) is 76.4 Å². The van der Waals surface area contributed by atoms with Gasteiger partial charge in [-0.1, -0.05) is 29.3 Å². The van der Waals surface area contributed by atoms with Gasteiger partial charge in [0.05, 0.1) is 6.21 Å². The molecule has 0 aliphatic rings. The Morgan fingerprint density at radius 3 is 2.46 bits per heavy atom. The molecule has 0 saturated heterocycles. The zero-order chi connectivity index (χ0) is 17.1. The van der Waals surface area contributed by atoms with Gasteiger partial charge in [-0.05, 0) is 51.1 Å². The van der Waals surface area contributed by atoms with Crippen LogP contribution in [0.4, 0.5) is 5.82 Å². The number of hydrogen-bond acceptors (Lipinski definition) is 4. The third kappa shape index (κ3) is 3.46. The van der Waals surface area contributed by atoms with Crippen LogP contribution in [0.15, 0.2) is 47.6 Å². The molecule has 0 atom stereocenters. The van der Waals surface area contributed by atoms with Crippen LogP contribution in [0.5, 0.6) is 0 Å². The fourth-order valence-electron chi connectivity index (χ4n) is 2.55. The van der Waals surface area contributed by atoms with Gasteiger partial charge in [0.25, 0.3) is 0 Å². The van der Waals surface area contributed by atoms with E-state index in [1.807, 2.05) is 0 Å². The lowest BCUT2D eigenvalue weighted by Gasteiger charge is -2.09. The second kappa shape index (κ2) is 6.84. The molecule has 24 heavy (non-hydrogen) atoms. The number of anilines is 1. The molecule has 1 N–H and O–H groups in total. The van der Waals surface area contributed by atoms with Crippen LogP contribution in [-0.2, 0) is 0 Å². The number of aromatic nitrogens is 3. The summed E-state index contributed by atoms with van der Waals surface area (Å²) in [5, 5.41) is 12.2. The minimum atomic E-state index is 0.353. The van der Waals surface area contributed by atoms with Gasteiger partial charge < -0.3 is 4.57 Å². The number of hydrogen-bond donors (Lipinski definition) is 1. The van der Waals surface area contributed by atoms with E-state index < -0.39 is 0 Å². The molecule has 122 valence electrons. The predicted molar refractivity (Wildman–Crippen MR) is 98.2 cm³/mol. The summed E-state index contributed by atoms with van der Waals surface area (Å²) in [6, 6.07) is 14.0. The lowest BCUT2D eigenvalue weighted by Crippen LogP contribution is -2.00. The van der Waals surface area contributed by atoms with E-state index in [0.29, 0.717) is 11.0 Å². The van der Waals surface area contributed by atoms with Crippen LogP contribution in [0.3, 0.4) is 0 Å². The lowest BCUT2D eigenvalue weighted by molar-refractivity contribution is 0.964. The third-order valence-electron chi connectivity index (χ3n) is 3.78. The second-order valence-corrected chi connectivity index (χ2v) is 6.00. The van der Waals surface area contributed by atoms with Gasteiger partial charge in [0.2, 0.25) is 0 Å². The second-order valence-electron chi connectivity index (χ2n) is 5.61. The Morgan fingerprint density at radius 1 is 1.04 bits per heavy atom. The summed E-state index contributed by atoms with van der Waals surface area (Å²) in [7, 11) is 0. The fourth-order valence-corrected chi connectivity index (χ4v) is 2.65. The molecule has 0 unspecified atom stereocenters. The van der Waals surface area contributed by atoms with Crippen LogP contribution >= 0.6 is 11.6 Å². The van der Waals surface area contributed by atoms with Crippen molar-refractivity contribution in [3.05, 3.63) is 70.1 Å². The van der Waals surface area contributed by atoms with Crippen molar-refractivity contribution < 1.29 is 0 Å². The maximum absolute atomic E-state index is 5.71. The molecule has 2 heterocycles. The summed E-state index contributed by atoms with van der Waals surface area (Å²) in [6.07, 6.45) is 1.78. The Hall–Kier alpha value is -2.66. The average Bonchev–Trinajstić information content (AvgIpc) is 2.85. The Balaban J connectivity index is 1.82. The highest BCUT2D eigenvalue weighted by molar-refractivity contribution is 6.29. The molecule has 1 aromatic carbocycles. The Morgan fingerprint density at radius 2 is 1.79 bits per heavy atom. The molecule has 0 fully saturated rings. The lowest BCUT2D eigenvalue weighted by atomic mass is 10.2. The Labute approximate surface area is 146 Å². The quantitative estimate of drug-likeness (QED) is 0.569. The fraction of sp³-hybridized carbons (Fsp3) is 0.167. The molecule has 2 aromatic heterocycles. The van der Waals surface area contributed by atoms with Gasteiger partial charge in [0.1, 0.15) is 0 Å². The van der Waals surface area contributed by atoms with Gasteiger partial charge in [0.15, 0.2) is 11.0 Å². The molecule has 5 nitrogen and oxygen atoms in total. The summed E-state index contributed by atoms with van der Waals surface area (Å²) >= 11 is 5.71. The van der Waals surface area contributed by atoms with Crippen LogP contribution < -0.4 is 5.43 Å². The summed E-state index contributed by atoms with van der Waals surface area (Å²) in [4.78, 5) is 0. The normalized spacial score (nSPS) is 11.2. The summed E-state index contributed by atoms with van der Waals surface area (Å²) in [5.74, 6) is 0.544. The van der Waals surface area contributed by atoms with Crippen LogP contribution in [0.25, 0.3) is 5.69 Å². The minimum absolute atomic E-state index is 0.353. The van der Waals surface area contributed by atoms with Gasteiger partial charge in [-0.25, -0.2) is 0 Å². The van der Waals surface area contributed by atoms with Crippen molar-refractivity contribution in [2.75, 3.05) is 5.43 Å². The number of benzene rings is 1. The first-order chi connectivity index (χ1) is 11.5. The summed E-state index contributed by atoms with van der Waals surface area (Å²) < 4.78 is 2.21. The molecular weight excluding hydrogens is 322 g/mol. The third-order valence-corrected chi connectivity index (χ3v) is 3.98. The van der Waals surface area contributed by atoms with E-state index in [1.54, 1.807) is 18.3 Å². The van der Waals surface area contributed by atoms with Gasteiger partial charge in [-0.15, -0.1) is 10.2 Å². The van der Waals surface area contributed by atoms with Crippen molar-refractivity contribution >= 4 is 23.6 Å². The first-order valence-corrected chi connectivity index (χ1v) is 7.96. The van der Waals surface area contributed by atoms with Crippen molar-refractivity contribution in [3.8, 4) is 5.69 Å². The first kappa shape index (κ1) is 16.2. The van der Waals surface area contributed by atoms with Crippen molar-refractivity contribution in [2.45, 2.75) is 20.8 Å². The smallest absolute Gasteiger partial charge is 0.168 e. The first-order valence-electron chi connectivity index (χ1n) is 7.59. The highest BCUT2D eigenvalue weighted by Crippen LogP contribution is 2.20. The molecule has 0 aliphatic carbocycles. The molecule has 0 spiro atoms. The standard InChI is InChI=1S/C18H18ClN5/c1-12-4-6-16(7-5-12)24-13(2)10-15(14(24)3)11-20-22-18-9-8-17(19)21-23-18/h4-11H,1-3H3,(H,22,23)/b20-11+. The molecule has 0 amide bonds. The van der Waals surface area contributed by atoms with E-state index in [1.165, 1.54) is 5.56 Å². The molecule has 0 bridgehead atoms. The van der Waals surface area contributed by atoms with Crippen LogP contribution in [0, 0.1) is 20.8 Å². The monoisotopic (exact) mass is 339 g/mol. The van der Waals surface area contributed by atoms with E-state index >= 15 is 0 Å². The number of rotatable bonds is 4. The summed E-state index contributed by atoms with van der Waals surface area (Å²) in [6.45, 7) is 6.25. The maximum Gasteiger partial charge on any atom is 0.168 e. The van der Waals surface area contributed by atoms with Gasteiger partial charge in [-0.3, -0.25) is 5.43 Å². The van der Waals surface area contributed by atoms with Crippen molar-refractivity contribution in [1.82, 2.24) is 14.8 Å². The number of halogens is 1. The van der Waals surface area contributed by atoms with Crippen LogP contribution in [-0.4, -0.2) is 21.0 Å². The highest BCUT2D eigenvalue weighted by Gasteiger charge is 2.09. The molecule has 3 aromatic rings. The zero-order valence-corrected chi connectivity index (χ0v) is 14.5. The van der Waals surface area contributed by atoms with Crippen LogP contribution in [0.1, 0.15) is 22.5 Å². The Kier molecular flexibility index (Phi) is 4.62. The number of nitrogens with one attached hydrogen (secondary N) is 1. The largest absolute Gasteiger partial charge is 0.318 e. The van der Waals surface area contributed by atoms with E-state index in [-0.39, 0.29) is 0 Å². The molecular formula is C18H18ClN5. The van der Waals surface area contributed by atoms with Gasteiger partial charge in [0, 0.05) is 22.6 Å². The van der Waals surface area contributed by atoms with E-state index in [9.17, 15) is 0 Å². The minimum Gasteiger partial charge on any atom is -0.318 e.